The first-order valence-corrected chi connectivity index (χ1v) is 8.14. The Morgan fingerprint density at radius 3 is 2.31 bits per heavy atom. The van der Waals surface area contributed by atoms with Crippen LogP contribution in [0.5, 0.6) is 5.75 Å². The molecule has 1 N–H and O–H groups in total. The number of nitrogens with one attached hydrogen (secondary N) is 1. The molecule has 134 valence electrons. The van der Waals surface area contributed by atoms with Gasteiger partial charge >= 0.3 is 11.4 Å². The van der Waals surface area contributed by atoms with Crippen LogP contribution in [0.4, 0.5) is 5.69 Å². The molecular formula is C17H16N4O4S. The largest absolute Gasteiger partial charge is 0.482 e. The molecule has 0 saturated carbocycles. The van der Waals surface area contributed by atoms with Gasteiger partial charge in [-0.3, -0.25) is 13.9 Å². The van der Waals surface area contributed by atoms with Gasteiger partial charge in [-0.15, -0.1) is 13.2 Å². The monoisotopic (exact) mass is 372 g/mol. The van der Waals surface area contributed by atoms with Crippen LogP contribution in [0.3, 0.4) is 0 Å². The Bertz CT molecular complexity index is 1050. The number of amides is 1. The summed E-state index contributed by atoms with van der Waals surface area (Å²) in [4.78, 5) is 37.2. The van der Waals surface area contributed by atoms with E-state index in [0.29, 0.717) is 11.4 Å². The van der Waals surface area contributed by atoms with E-state index in [-0.39, 0.29) is 36.1 Å². The normalized spacial score (nSPS) is 12.7. The highest BCUT2D eigenvalue weighted by molar-refractivity contribution is 7.71. The molecule has 0 unspecified atom stereocenters. The molecule has 0 fully saturated rings. The number of carbonyl (C=O) groups excluding carboxylic acids is 1. The summed E-state index contributed by atoms with van der Waals surface area (Å²) in [5.41, 5.74) is -0.514. The summed E-state index contributed by atoms with van der Waals surface area (Å²) in [5, 5.41) is 2.65. The lowest BCUT2D eigenvalue weighted by Gasteiger charge is -2.19. The van der Waals surface area contributed by atoms with Crippen LogP contribution < -0.4 is 21.4 Å². The average molecular weight is 372 g/mol. The second kappa shape index (κ2) is 6.96. The van der Waals surface area contributed by atoms with Gasteiger partial charge in [0.25, 0.3) is 5.91 Å². The molecule has 0 bridgehead atoms. The van der Waals surface area contributed by atoms with Crippen LogP contribution in [0.2, 0.25) is 0 Å². The number of ether oxygens (including phenoxy) is 1. The summed E-state index contributed by atoms with van der Waals surface area (Å²) in [6.07, 6.45) is 3.04. The SMILES string of the molecule is C=CCn1c(=S)n(CC=C)c(=O)n(-c2ccc3c(c2)NC(=O)CO3)c1=O. The third-order valence-corrected chi connectivity index (χ3v) is 4.22. The Morgan fingerprint density at radius 2 is 1.73 bits per heavy atom. The second-order valence-corrected chi connectivity index (χ2v) is 5.86. The molecule has 1 amide bonds. The molecule has 26 heavy (non-hydrogen) atoms. The lowest BCUT2D eigenvalue weighted by atomic mass is 10.2. The fourth-order valence-electron chi connectivity index (χ4n) is 2.63. The van der Waals surface area contributed by atoms with Crippen molar-refractivity contribution in [1.29, 1.82) is 0 Å². The zero-order valence-electron chi connectivity index (χ0n) is 13.8. The van der Waals surface area contributed by atoms with Gasteiger partial charge in [0, 0.05) is 13.1 Å². The number of allylic oxidation sites excluding steroid dienone is 2. The number of fused-ring (bicyclic) bond motifs is 1. The predicted octanol–water partition coefficient (Wildman–Crippen LogP) is 1.23. The van der Waals surface area contributed by atoms with Crippen molar-refractivity contribution in [2.75, 3.05) is 11.9 Å². The van der Waals surface area contributed by atoms with Crippen LogP contribution >= 0.6 is 12.2 Å². The van der Waals surface area contributed by atoms with Gasteiger partial charge in [0.15, 0.2) is 11.4 Å². The lowest BCUT2D eigenvalue weighted by molar-refractivity contribution is -0.118. The average Bonchev–Trinajstić information content (AvgIpc) is 2.62. The third kappa shape index (κ3) is 2.93. The van der Waals surface area contributed by atoms with Crippen molar-refractivity contribution < 1.29 is 9.53 Å². The smallest absolute Gasteiger partial charge is 0.339 e. The molecule has 8 nitrogen and oxygen atoms in total. The fourth-order valence-corrected chi connectivity index (χ4v) is 2.94. The Labute approximate surface area is 153 Å². The first-order valence-electron chi connectivity index (χ1n) is 7.73. The molecule has 3 rings (SSSR count). The van der Waals surface area contributed by atoms with E-state index < -0.39 is 11.4 Å². The molecule has 2 aromatic rings. The second-order valence-electron chi connectivity index (χ2n) is 5.50. The van der Waals surface area contributed by atoms with E-state index in [1.165, 1.54) is 27.4 Å². The highest BCUT2D eigenvalue weighted by atomic mass is 32.1. The zero-order chi connectivity index (χ0) is 18.8. The molecule has 9 heteroatoms. The topological polar surface area (TPSA) is 87.3 Å². The molecule has 1 aromatic heterocycles. The molecule has 0 spiro atoms. The van der Waals surface area contributed by atoms with Gasteiger partial charge < -0.3 is 10.1 Å². The number of aromatic nitrogens is 3. The van der Waals surface area contributed by atoms with Gasteiger partial charge in [0.05, 0.1) is 11.4 Å². The van der Waals surface area contributed by atoms with Crippen molar-refractivity contribution in [3.05, 3.63) is 69.2 Å². The molecule has 0 radical (unpaired) electrons. The van der Waals surface area contributed by atoms with Crippen LogP contribution in [-0.2, 0) is 17.9 Å². The van der Waals surface area contributed by atoms with Crippen molar-refractivity contribution in [1.82, 2.24) is 13.7 Å². The molecule has 0 saturated heterocycles. The van der Waals surface area contributed by atoms with Crippen molar-refractivity contribution >= 4 is 23.8 Å². The first kappa shape index (κ1) is 17.6. The molecule has 1 aromatic carbocycles. The van der Waals surface area contributed by atoms with E-state index in [1.807, 2.05) is 0 Å². The van der Waals surface area contributed by atoms with Gasteiger partial charge in [0.1, 0.15) is 5.75 Å². The standard InChI is InChI=1S/C17H16N4O4S/c1-3-7-19-15(23)21(16(24)20(8-4-2)17(19)26)11-5-6-13-12(9-11)18-14(22)10-25-13/h3-6,9H,1-2,7-8,10H2,(H,18,22). The van der Waals surface area contributed by atoms with Crippen LogP contribution in [0, 0.1) is 4.77 Å². The minimum Gasteiger partial charge on any atom is -0.482 e. The zero-order valence-corrected chi connectivity index (χ0v) is 14.6. The number of anilines is 1. The highest BCUT2D eigenvalue weighted by Crippen LogP contribution is 2.29. The molecule has 1 aliphatic rings. The molecular weight excluding hydrogens is 356 g/mol. The Balaban J connectivity index is 2.30. The predicted molar refractivity (Wildman–Crippen MR) is 99.6 cm³/mol. The third-order valence-electron chi connectivity index (χ3n) is 3.78. The first-order chi connectivity index (χ1) is 12.5. The van der Waals surface area contributed by atoms with E-state index in [9.17, 15) is 14.4 Å². The number of nitrogens with zero attached hydrogens (tertiary/aromatic N) is 3. The van der Waals surface area contributed by atoms with Crippen molar-refractivity contribution in [2.24, 2.45) is 0 Å². The van der Waals surface area contributed by atoms with Crippen LogP contribution in [0.25, 0.3) is 5.69 Å². The highest BCUT2D eigenvalue weighted by Gasteiger charge is 2.19. The summed E-state index contributed by atoms with van der Waals surface area (Å²) in [7, 11) is 0. The van der Waals surface area contributed by atoms with Crippen molar-refractivity contribution in [3.63, 3.8) is 0 Å². The summed E-state index contributed by atoms with van der Waals surface area (Å²) in [6, 6.07) is 4.67. The molecule has 2 heterocycles. The Kier molecular flexibility index (Phi) is 4.72. The van der Waals surface area contributed by atoms with Crippen LogP contribution in [0.15, 0.2) is 53.1 Å². The summed E-state index contributed by atoms with van der Waals surface area (Å²) in [6.45, 7) is 7.46. The van der Waals surface area contributed by atoms with Crippen LogP contribution in [-0.4, -0.2) is 26.2 Å². The maximum Gasteiger partial charge on any atom is 0.339 e. The van der Waals surface area contributed by atoms with E-state index >= 15 is 0 Å². The number of rotatable bonds is 5. The van der Waals surface area contributed by atoms with Crippen LogP contribution in [0.1, 0.15) is 0 Å². The van der Waals surface area contributed by atoms with Gasteiger partial charge in [-0.1, -0.05) is 12.2 Å². The van der Waals surface area contributed by atoms with Gasteiger partial charge in [-0.05, 0) is 30.4 Å². The lowest BCUT2D eigenvalue weighted by Crippen LogP contribution is -2.45. The Hall–Kier alpha value is -3.20. The summed E-state index contributed by atoms with van der Waals surface area (Å²) in [5.74, 6) is 0.153. The van der Waals surface area contributed by atoms with E-state index in [0.717, 1.165) is 4.57 Å². The van der Waals surface area contributed by atoms with Gasteiger partial charge in [-0.2, -0.15) is 0 Å². The number of benzene rings is 1. The van der Waals surface area contributed by atoms with Crippen molar-refractivity contribution in [2.45, 2.75) is 13.1 Å². The summed E-state index contributed by atoms with van der Waals surface area (Å²) >= 11 is 5.26. The van der Waals surface area contributed by atoms with Gasteiger partial charge in [0.2, 0.25) is 0 Å². The molecule has 0 atom stereocenters. The summed E-state index contributed by atoms with van der Waals surface area (Å²) < 4.78 is 8.91. The fraction of sp³-hybridized carbons (Fsp3) is 0.176. The van der Waals surface area contributed by atoms with Gasteiger partial charge in [-0.25, -0.2) is 14.2 Å². The quantitative estimate of drug-likeness (QED) is 0.630. The maximum absolute atomic E-state index is 12.8. The number of hydrogen-bond donors (Lipinski definition) is 1. The minimum atomic E-state index is -0.594. The maximum atomic E-state index is 12.8. The van der Waals surface area contributed by atoms with Crippen molar-refractivity contribution in [3.8, 4) is 11.4 Å². The number of hydrogen-bond acceptors (Lipinski definition) is 5. The van der Waals surface area contributed by atoms with E-state index in [1.54, 1.807) is 12.1 Å². The molecule has 1 aliphatic heterocycles. The van der Waals surface area contributed by atoms with E-state index in [2.05, 4.69) is 18.5 Å². The van der Waals surface area contributed by atoms with E-state index in [4.69, 9.17) is 17.0 Å². The Morgan fingerprint density at radius 1 is 1.12 bits per heavy atom. The minimum absolute atomic E-state index is 0.0809. The molecule has 0 aliphatic carbocycles. The number of carbonyl (C=O) groups is 1.